The highest BCUT2D eigenvalue weighted by Gasteiger charge is 2.11. The van der Waals surface area contributed by atoms with Crippen LogP contribution in [0.5, 0.6) is 0 Å². The van der Waals surface area contributed by atoms with Crippen molar-refractivity contribution in [2.45, 2.75) is 39.7 Å². The number of hydrogen-bond acceptors (Lipinski definition) is 1. The third kappa shape index (κ3) is 3.51. The van der Waals surface area contributed by atoms with E-state index in [0.717, 1.165) is 12.8 Å². The van der Waals surface area contributed by atoms with Gasteiger partial charge in [-0.1, -0.05) is 38.7 Å². The van der Waals surface area contributed by atoms with Gasteiger partial charge in [0, 0.05) is 7.11 Å². The summed E-state index contributed by atoms with van der Waals surface area (Å²) in [5.41, 5.74) is 2.53. The van der Waals surface area contributed by atoms with Gasteiger partial charge in [-0.3, -0.25) is 0 Å². The van der Waals surface area contributed by atoms with E-state index in [4.69, 9.17) is 4.74 Å². The molecule has 0 saturated heterocycles. The van der Waals surface area contributed by atoms with E-state index < -0.39 is 0 Å². The van der Waals surface area contributed by atoms with Gasteiger partial charge in [-0.2, -0.15) is 0 Å². The summed E-state index contributed by atoms with van der Waals surface area (Å²) in [5.74, 6) is 0. The topological polar surface area (TPSA) is 9.23 Å². The van der Waals surface area contributed by atoms with E-state index in [1.807, 2.05) is 13.0 Å². The van der Waals surface area contributed by atoms with Crippen molar-refractivity contribution >= 4 is 0 Å². The van der Waals surface area contributed by atoms with Crippen molar-refractivity contribution in [3.8, 4) is 0 Å². The van der Waals surface area contributed by atoms with Gasteiger partial charge in [-0.05, 0) is 30.9 Å². The van der Waals surface area contributed by atoms with Crippen molar-refractivity contribution in [3.63, 3.8) is 0 Å². The normalized spacial score (nSPS) is 15.4. The van der Waals surface area contributed by atoms with Crippen LogP contribution in [0.4, 0.5) is 0 Å². The smallest absolute Gasteiger partial charge is 0.0821 e. The summed E-state index contributed by atoms with van der Waals surface area (Å²) in [5, 5.41) is 0. The summed E-state index contributed by atoms with van der Waals surface area (Å²) >= 11 is 0. The van der Waals surface area contributed by atoms with E-state index in [1.54, 1.807) is 7.11 Å². The summed E-state index contributed by atoms with van der Waals surface area (Å²) in [6.45, 7) is 10.1. The molecule has 0 aromatic carbocycles. The van der Waals surface area contributed by atoms with Crippen LogP contribution in [-0.2, 0) is 4.74 Å². The Hall–Kier alpha value is -0.820. The molecule has 1 heteroatoms. The maximum atomic E-state index is 5.44. The molecule has 0 aromatic rings. The van der Waals surface area contributed by atoms with Gasteiger partial charge in [0.2, 0.25) is 0 Å². The van der Waals surface area contributed by atoms with E-state index >= 15 is 0 Å². The molecule has 1 unspecified atom stereocenters. The van der Waals surface area contributed by atoms with Crippen molar-refractivity contribution in [3.05, 3.63) is 36.0 Å². The van der Waals surface area contributed by atoms with Gasteiger partial charge in [-0.15, -0.1) is 0 Å². The molecule has 0 fully saturated rings. The van der Waals surface area contributed by atoms with Gasteiger partial charge in [0.05, 0.1) is 6.10 Å². The quantitative estimate of drug-likeness (QED) is 0.583. The van der Waals surface area contributed by atoms with Crippen molar-refractivity contribution in [1.29, 1.82) is 0 Å². The predicted molar refractivity (Wildman–Crippen MR) is 63.4 cm³/mol. The average molecular weight is 194 g/mol. The second-order valence-electron chi connectivity index (χ2n) is 3.17. The highest BCUT2D eigenvalue weighted by atomic mass is 16.5. The van der Waals surface area contributed by atoms with Crippen molar-refractivity contribution < 1.29 is 4.74 Å². The SMILES string of the molecule is C=C/C(CC)=C(\C=C/C)C(CC)OC. The Labute approximate surface area is 88.2 Å². The molecule has 0 radical (unpaired) electrons. The fourth-order valence-corrected chi connectivity index (χ4v) is 1.58. The summed E-state index contributed by atoms with van der Waals surface area (Å²) < 4.78 is 5.44. The Morgan fingerprint density at radius 3 is 2.36 bits per heavy atom. The van der Waals surface area contributed by atoms with E-state index in [1.165, 1.54) is 11.1 Å². The lowest BCUT2D eigenvalue weighted by Crippen LogP contribution is -2.12. The molecular weight excluding hydrogens is 172 g/mol. The molecular formula is C13H22O. The first-order valence-electron chi connectivity index (χ1n) is 5.25. The Morgan fingerprint density at radius 2 is 2.07 bits per heavy atom. The molecule has 0 spiro atoms. The first kappa shape index (κ1) is 13.2. The van der Waals surface area contributed by atoms with Gasteiger partial charge >= 0.3 is 0 Å². The molecule has 1 atom stereocenters. The van der Waals surface area contributed by atoms with Crippen molar-refractivity contribution in [2.24, 2.45) is 0 Å². The van der Waals surface area contributed by atoms with Crippen molar-refractivity contribution in [1.82, 2.24) is 0 Å². The number of allylic oxidation sites excluding steroid dienone is 3. The molecule has 0 N–H and O–H groups in total. The molecule has 1 nitrogen and oxygen atoms in total. The van der Waals surface area contributed by atoms with Crippen LogP contribution >= 0.6 is 0 Å². The van der Waals surface area contributed by atoms with Crippen LogP contribution < -0.4 is 0 Å². The Bertz CT molecular complexity index is 219. The minimum absolute atomic E-state index is 0.194. The molecule has 14 heavy (non-hydrogen) atoms. The molecule has 0 saturated carbocycles. The van der Waals surface area contributed by atoms with Crippen LogP contribution in [0.15, 0.2) is 36.0 Å². The summed E-state index contributed by atoms with van der Waals surface area (Å²) in [7, 11) is 1.76. The second-order valence-corrected chi connectivity index (χ2v) is 3.17. The van der Waals surface area contributed by atoms with Gasteiger partial charge < -0.3 is 4.74 Å². The van der Waals surface area contributed by atoms with Crippen LogP contribution in [0.25, 0.3) is 0 Å². The van der Waals surface area contributed by atoms with Gasteiger partial charge in [0.1, 0.15) is 0 Å². The zero-order valence-corrected chi connectivity index (χ0v) is 9.84. The van der Waals surface area contributed by atoms with Crippen LogP contribution in [0.3, 0.4) is 0 Å². The van der Waals surface area contributed by atoms with Gasteiger partial charge in [-0.25, -0.2) is 0 Å². The maximum absolute atomic E-state index is 5.44. The summed E-state index contributed by atoms with van der Waals surface area (Å²) in [6, 6.07) is 0. The molecule has 0 aromatic heterocycles. The third-order valence-electron chi connectivity index (χ3n) is 2.35. The molecule has 0 aliphatic carbocycles. The summed E-state index contributed by atoms with van der Waals surface area (Å²) in [4.78, 5) is 0. The largest absolute Gasteiger partial charge is 0.377 e. The van der Waals surface area contributed by atoms with Crippen LogP contribution in [0.2, 0.25) is 0 Å². The first-order chi connectivity index (χ1) is 6.74. The molecule has 0 rings (SSSR count). The predicted octanol–water partition coefficient (Wildman–Crippen LogP) is 3.88. The Morgan fingerprint density at radius 1 is 1.43 bits per heavy atom. The lowest BCUT2D eigenvalue weighted by Gasteiger charge is -2.17. The fraction of sp³-hybridized carbons (Fsp3) is 0.538. The molecule has 0 aliphatic heterocycles. The lowest BCUT2D eigenvalue weighted by atomic mass is 9.98. The fourth-order valence-electron chi connectivity index (χ4n) is 1.58. The number of methoxy groups -OCH3 is 1. The number of hydrogen-bond donors (Lipinski definition) is 0. The second kappa shape index (κ2) is 7.57. The maximum Gasteiger partial charge on any atom is 0.0821 e. The van der Waals surface area contributed by atoms with Crippen LogP contribution in [-0.4, -0.2) is 13.2 Å². The van der Waals surface area contributed by atoms with E-state index in [-0.39, 0.29) is 6.10 Å². The van der Waals surface area contributed by atoms with Gasteiger partial charge in [0.25, 0.3) is 0 Å². The summed E-state index contributed by atoms with van der Waals surface area (Å²) in [6.07, 6.45) is 8.29. The minimum atomic E-state index is 0.194. The van der Waals surface area contributed by atoms with Crippen LogP contribution in [0.1, 0.15) is 33.6 Å². The van der Waals surface area contributed by atoms with Gasteiger partial charge in [0.15, 0.2) is 0 Å². The Balaban J connectivity index is 5.06. The Kier molecular flexibility index (Phi) is 7.13. The molecule has 0 amide bonds. The zero-order chi connectivity index (χ0) is 11.0. The third-order valence-corrected chi connectivity index (χ3v) is 2.35. The van der Waals surface area contributed by atoms with E-state index in [9.17, 15) is 0 Å². The van der Waals surface area contributed by atoms with E-state index in [0.29, 0.717) is 0 Å². The standard InChI is InChI=1S/C13H22O/c1-6-10-12(11(7-2)8-3)13(9-4)14-5/h6-7,10,13H,2,8-9H2,1,3-5H3/b10-6-,12-11-. The molecule has 80 valence electrons. The number of rotatable bonds is 6. The minimum Gasteiger partial charge on any atom is -0.377 e. The van der Waals surface area contributed by atoms with Crippen molar-refractivity contribution in [2.75, 3.05) is 7.11 Å². The first-order valence-corrected chi connectivity index (χ1v) is 5.25. The molecule has 0 heterocycles. The van der Waals surface area contributed by atoms with E-state index in [2.05, 4.69) is 32.6 Å². The highest BCUT2D eigenvalue weighted by Crippen LogP contribution is 2.19. The zero-order valence-electron chi connectivity index (χ0n) is 9.84. The average Bonchev–Trinajstić information content (AvgIpc) is 2.21. The molecule has 0 bridgehead atoms. The van der Waals surface area contributed by atoms with Crippen LogP contribution in [0, 0.1) is 0 Å². The molecule has 0 aliphatic rings. The lowest BCUT2D eigenvalue weighted by molar-refractivity contribution is 0.130. The highest BCUT2D eigenvalue weighted by molar-refractivity contribution is 5.35. The monoisotopic (exact) mass is 194 g/mol. The number of ether oxygens (including phenoxy) is 1.